The van der Waals surface area contributed by atoms with Gasteiger partial charge in [0.25, 0.3) is 0 Å². The van der Waals surface area contributed by atoms with Crippen molar-refractivity contribution in [1.82, 2.24) is 0 Å². The van der Waals surface area contributed by atoms with Crippen LogP contribution in [-0.2, 0) is 6.18 Å². The molecule has 0 unspecified atom stereocenters. The lowest BCUT2D eigenvalue weighted by atomic mass is 10.0. The lowest BCUT2D eigenvalue weighted by Crippen LogP contribution is -2.13. The highest BCUT2D eigenvalue weighted by molar-refractivity contribution is 9.10. The number of ketones is 1. The molecule has 2 aromatic rings. The molecule has 0 bridgehead atoms. The van der Waals surface area contributed by atoms with Crippen molar-refractivity contribution in [3.05, 3.63) is 58.0 Å². The van der Waals surface area contributed by atoms with Crippen LogP contribution in [0, 0.1) is 0 Å². The van der Waals surface area contributed by atoms with Crippen LogP contribution in [0.2, 0.25) is 0 Å². The van der Waals surface area contributed by atoms with E-state index in [1.165, 1.54) is 24.5 Å². The van der Waals surface area contributed by atoms with Crippen LogP contribution in [0.5, 0.6) is 0 Å². The maximum Gasteiger partial charge on any atom is 0.417 e. The molecule has 2 rings (SSSR count). The van der Waals surface area contributed by atoms with Gasteiger partial charge in [0.1, 0.15) is 0 Å². The molecule has 0 saturated heterocycles. The smallest absolute Gasteiger partial charge is 0.417 e. The molecule has 0 fully saturated rings. The van der Waals surface area contributed by atoms with Crippen LogP contribution in [0.1, 0.15) is 21.7 Å². The minimum absolute atomic E-state index is 0.147. The van der Waals surface area contributed by atoms with Crippen LogP contribution >= 0.6 is 15.9 Å². The first-order valence-electron chi connectivity index (χ1n) is 4.85. The molecule has 94 valence electrons. The highest BCUT2D eigenvalue weighted by Gasteiger charge is 2.35. The molecule has 1 aromatic heterocycles. The number of hydrogen-bond donors (Lipinski definition) is 0. The Hall–Kier alpha value is -1.56. The Labute approximate surface area is 109 Å². The van der Waals surface area contributed by atoms with Gasteiger partial charge < -0.3 is 4.42 Å². The molecule has 1 heterocycles. The third-order valence-electron chi connectivity index (χ3n) is 2.30. The average molecular weight is 319 g/mol. The zero-order valence-corrected chi connectivity index (χ0v) is 10.4. The Bertz CT molecular complexity index is 587. The predicted molar refractivity (Wildman–Crippen MR) is 61.3 cm³/mol. The van der Waals surface area contributed by atoms with Crippen LogP contribution in [0.25, 0.3) is 0 Å². The number of rotatable bonds is 2. The second kappa shape index (κ2) is 4.61. The molecule has 0 aliphatic heterocycles. The van der Waals surface area contributed by atoms with Crippen molar-refractivity contribution in [2.75, 3.05) is 0 Å². The van der Waals surface area contributed by atoms with E-state index in [4.69, 9.17) is 4.42 Å². The van der Waals surface area contributed by atoms with E-state index in [2.05, 4.69) is 15.9 Å². The molecule has 0 amide bonds. The molecule has 18 heavy (non-hydrogen) atoms. The molecule has 0 spiro atoms. The summed E-state index contributed by atoms with van der Waals surface area (Å²) in [5.74, 6) is -0.952. The Morgan fingerprint density at radius 2 is 1.83 bits per heavy atom. The van der Waals surface area contributed by atoms with Gasteiger partial charge in [-0.25, -0.2) is 0 Å². The Balaban J connectivity index is 2.53. The van der Waals surface area contributed by atoms with Gasteiger partial charge in [-0.05, 0) is 28.1 Å². The van der Waals surface area contributed by atoms with E-state index < -0.39 is 23.1 Å². The van der Waals surface area contributed by atoms with Gasteiger partial charge in [0.05, 0.1) is 16.3 Å². The number of carbonyl (C=O) groups is 1. The Kier molecular flexibility index (Phi) is 3.30. The molecule has 2 nitrogen and oxygen atoms in total. The van der Waals surface area contributed by atoms with Crippen molar-refractivity contribution in [2.24, 2.45) is 0 Å². The van der Waals surface area contributed by atoms with Gasteiger partial charge >= 0.3 is 6.18 Å². The number of alkyl halides is 3. The van der Waals surface area contributed by atoms with Gasteiger partial charge in [0.15, 0.2) is 5.76 Å². The Morgan fingerprint density at radius 1 is 1.17 bits per heavy atom. The molecule has 0 N–H and O–H groups in total. The first-order valence-corrected chi connectivity index (χ1v) is 5.64. The second-order valence-corrected chi connectivity index (χ2v) is 4.32. The van der Waals surface area contributed by atoms with E-state index in [0.717, 1.165) is 12.1 Å². The molecule has 0 saturated carbocycles. The third-order valence-corrected chi connectivity index (χ3v) is 2.92. The summed E-state index contributed by atoms with van der Waals surface area (Å²) in [5.41, 5.74) is -1.40. The fourth-order valence-corrected chi connectivity index (χ4v) is 1.89. The standard InChI is InChI=1S/C12H6BrF3O2/c13-9-5-6-18-11(9)10(17)7-3-1-2-4-8(7)12(14,15)16/h1-6H. The summed E-state index contributed by atoms with van der Waals surface area (Å²) in [7, 11) is 0. The van der Waals surface area contributed by atoms with Crippen LogP contribution in [-0.4, -0.2) is 5.78 Å². The molecule has 0 aliphatic carbocycles. The summed E-state index contributed by atoms with van der Waals surface area (Å²) in [6, 6.07) is 6.05. The zero-order valence-electron chi connectivity index (χ0n) is 8.79. The summed E-state index contributed by atoms with van der Waals surface area (Å²) in [5, 5.41) is 0. The van der Waals surface area contributed by atoms with Crippen LogP contribution in [0.15, 0.2) is 45.5 Å². The number of furan rings is 1. The molecular weight excluding hydrogens is 313 g/mol. The van der Waals surface area contributed by atoms with Crippen molar-refractivity contribution >= 4 is 21.7 Å². The monoisotopic (exact) mass is 318 g/mol. The van der Waals surface area contributed by atoms with E-state index in [-0.39, 0.29) is 5.76 Å². The van der Waals surface area contributed by atoms with Gasteiger partial charge in [-0.15, -0.1) is 0 Å². The SMILES string of the molecule is O=C(c1ccccc1C(F)(F)F)c1occc1Br. The maximum atomic E-state index is 12.8. The summed E-state index contributed by atoms with van der Waals surface area (Å²) < 4.78 is 43.5. The van der Waals surface area contributed by atoms with Gasteiger partial charge in [-0.3, -0.25) is 4.79 Å². The number of benzene rings is 1. The predicted octanol–water partition coefficient (Wildman–Crippen LogP) is 4.29. The van der Waals surface area contributed by atoms with Gasteiger partial charge in [-0.2, -0.15) is 13.2 Å². The second-order valence-electron chi connectivity index (χ2n) is 3.47. The van der Waals surface area contributed by atoms with Crippen molar-refractivity contribution < 1.29 is 22.4 Å². The summed E-state index contributed by atoms with van der Waals surface area (Å²) in [6.07, 6.45) is -3.35. The van der Waals surface area contributed by atoms with E-state index in [1.54, 1.807) is 0 Å². The largest absolute Gasteiger partial charge is 0.460 e. The van der Waals surface area contributed by atoms with E-state index in [0.29, 0.717) is 4.47 Å². The average Bonchev–Trinajstić information content (AvgIpc) is 2.73. The summed E-state index contributed by atoms with van der Waals surface area (Å²) >= 11 is 3.04. The normalized spacial score (nSPS) is 11.6. The lowest BCUT2D eigenvalue weighted by molar-refractivity contribution is -0.137. The van der Waals surface area contributed by atoms with Crippen LogP contribution < -0.4 is 0 Å². The quantitative estimate of drug-likeness (QED) is 0.773. The topological polar surface area (TPSA) is 30.2 Å². The van der Waals surface area contributed by atoms with Crippen LogP contribution in [0.4, 0.5) is 13.2 Å². The summed E-state index contributed by atoms with van der Waals surface area (Å²) in [4.78, 5) is 12.0. The summed E-state index contributed by atoms with van der Waals surface area (Å²) in [6.45, 7) is 0. The van der Waals surface area contributed by atoms with Gasteiger partial charge in [-0.1, -0.05) is 18.2 Å². The minimum Gasteiger partial charge on any atom is -0.460 e. The zero-order chi connectivity index (χ0) is 13.3. The minimum atomic E-state index is -4.58. The highest BCUT2D eigenvalue weighted by Crippen LogP contribution is 2.33. The van der Waals surface area contributed by atoms with Crippen molar-refractivity contribution in [1.29, 1.82) is 0 Å². The van der Waals surface area contributed by atoms with Crippen molar-refractivity contribution in [3.8, 4) is 0 Å². The van der Waals surface area contributed by atoms with E-state index in [1.807, 2.05) is 0 Å². The van der Waals surface area contributed by atoms with Crippen LogP contribution in [0.3, 0.4) is 0 Å². The molecule has 0 aliphatic rings. The fraction of sp³-hybridized carbons (Fsp3) is 0.0833. The molecule has 6 heteroatoms. The highest BCUT2D eigenvalue weighted by atomic mass is 79.9. The number of hydrogen-bond acceptors (Lipinski definition) is 2. The third kappa shape index (κ3) is 2.33. The lowest BCUT2D eigenvalue weighted by Gasteiger charge is -2.10. The number of carbonyl (C=O) groups excluding carboxylic acids is 1. The fourth-order valence-electron chi connectivity index (χ4n) is 1.51. The molecular formula is C12H6BrF3O2. The van der Waals surface area contributed by atoms with Gasteiger partial charge in [0.2, 0.25) is 5.78 Å². The molecule has 0 radical (unpaired) electrons. The molecule has 1 aromatic carbocycles. The first-order chi connectivity index (χ1) is 8.41. The Morgan fingerprint density at radius 3 is 2.39 bits per heavy atom. The van der Waals surface area contributed by atoms with E-state index in [9.17, 15) is 18.0 Å². The first kappa shape index (κ1) is 12.9. The van der Waals surface area contributed by atoms with Crippen molar-refractivity contribution in [2.45, 2.75) is 6.18 Å². The maximum absolute atomic E-state index is 12.8. The molecule has 0 atom stereocenters. The number of halogens is 4. The van der Waals surface area contributed by atoms with Gasteiger partial charge in [0, 0.05) is 5.56 Å². The van der Waals surface area contributed by atoms with Crippen molar-refractivity contribution in [3.63, 3.8) is 0 Å². The van der Waals surface area contributed by atoms with E-state index >= 15 is 0 Å².